The van der Waals surface area contributed by atoms with Crippen LogP contribution in [0.15, 0.2) is 43.0 Å². The summed E-state index contributed by atoms with van der Waals surface area (Å²) in [4.78, 5) is 25.5. The first-order valence-corrected chi connectivity index (χ1v) is 8.13. The molecule has 4 atom stereocenters. The summed E-state index contributed by atoms with van der Waals surface area (Å²) in [6, 6.07) is 8.66. The zero-order valence-electron chi connectivity index (χ0n) is 14.2. The summed E-state index contributed by atoms with van der Waals surface area (Å²) in [5.74, 6) is -0.513. The van der Waals surface area contributed by atoms with Crippen LogP contribution in [0.4, 0.5) is 0 Å². The Labute approximate surface area is 146 Å². The van der Waals surface area contributed by atoms with Gasteiger partial charge in [-0.1, -0.05) is 24.3 Å². The van der Waals surface area contributed by atoms with Crippen molar-refractivity contribution in [3.63, 3.8) is 0 Å². The molecule has 1 aliphatic rings. The van der Waals surface area contributed by atoms with Gasteiger partial charge in [0.05, 0.1) is 12.5 Å². The summed E-state index contributed by atoms with van der Waals surface area (Å²) in [7, 11) is 1.62. The van der Waals surface area contributed by atoms with Crippen LogP contribution in [-0.2, 0) is 9.53 Å². The van der Waals surface area contributed by atoms with Crippen molar-refractivity contribution < 1.29 is 24.5 Å². The maximum Gasteiger partial charge on any atom is 0.251 e. The minimum absolute atomic E-state index is 0.0408. The lowest BCUT2D eigenvalue weighted by Gasteiger charge is -2.19. The van der Waals surface area contributed by atoms with Gasteiger partial charge >= 0.3 is 0 Å². The molecule has 1 fully saturated rings. The third kappa shape index (κ3) is 4.88. The van der Waals surface area contributed by atoms with Gasteiger partial charge in [0.15, 0.2) is 0 Å². The molecule has 1 aromatic rings. The van der Waals surface area contributed by atoms with Gasteiger partial charge in [-0.15, -0.1) is 6.58 Å². The van der Waals surface area contributed by atoms with Crippen molar-refractivity contribution in [2.75, 3.05) is 20.1 Å². The lowest BCUT2D eigenvalue weighted by atomic mass is 10.0. The molecule has 25 heavy (non-hydrogen) atoms. The number of hydrogen-bond donors (Lipinski definition) is 3. The van der Waals surface area contributed by atoms with Crippen LogP contribution in [-0.4, -0.2) is 71.5 Å². The van der Waals surface area contributed by atoms with Crippen LogP contribution in [0.2, 0.25) is 0 Å². The number of carbonyl (C=O) groups is 2. The van der Waals surface area contributed by atoms with Crippen LogP contribution in [0, 0.1) is 0 Å². The third-order valence-electron chi connectivity index (χ3n) is 4.17. The molecule has 7 heteroatoms. The molecular weight excluding hydrogens is 324 g/mol. The Hall–Kier alpha value is -2.22. The maximum absolute atomic E-state index is 12.0. The quantitative estimate of drug-likeness (QED) is 0.600. The number of likely N-dealkylation sites (N-methyl/N-ethyl adjacent to an activating group) is 1. The highest BCUT2D eigenvalue weighted by Crippen LogP contribution is 2.24. The van der Waals surface area contributed by atoms with Crippen molar-refractivity contribution in [3.8, 4) is 0 Å². The monoisotopic (exact) mass is 348 g/mol. The molecular formula is C18H24N2O5. The lowest BCUT2D eigenvalue weighted by molar-refractivity contribution is -0.133. The number of aliphatic hydroxyl groups is 2. The minimum Gasteiger partial charge on any atom is -0.388 e. The first-order chi connectivity index (χ1) is 11.9. The fraction of sp³-hybridized carbons (Fsp3) is 0.444. The predicted molar refractivity (Wildman–Crippen MR) is 91.9 cm³/mol. The van der Waals surface area contributed by atoms with Gasteiger partial charge in [0.2, 0.25) is 5.91 Å². The Kier molecular flexibility index (Phi) is 6.69. The SMILES string of the molecule is C=CCN(C)C(=O)CC1OC(CNC(=O)c2ccccc2)C(O)C1O. The number of benzene rings is 1. The van der Waals surface area contributed by atoms with Crippen molar-refractivity contribution in [2.45, 2.75) is 30.8 Å². The molecule has 1 saturated heterocycles. The van der Waals surface area contributed by atoms with Crippen molar-refractivity contribution in [2.24, 2.45) is 0 Å². The molecule has 0 spiro atoms. The number of carbonyl (C=O) groups excluding carboxylic acids is 2. The van der Waals surface area contributed by atoms with Gasteiger partial charge in [0.1, 0.15) is 18.3 Å². The van der Waals surface area contributed by atoms with Crippen LogP contribution >= 0.6 is 0 Å². The molecule has 3 N–H and O–H groups in total. The van der Waals surface area contributed by atoms with E-state index in [0.717, 1.165) is 0 Å². The second-order valence-corrected chi connectivity index (χ2v) is 6.04. The summed E-state index contributed by atoms with van der Waals surface area (Å²) >= 11 is 0. The Balaban J connectivity index is 1.87. The molecule has 1 aromatic carbocycles. The summed E-state index contributed by atoms with van der Waals surface area (Å²) in [6.07, 6.45) is -2.39. The molecule has 2 amide bonds. The van der Waals surface area contributed by atoms with E-state index in [0.29, 0.717) is 12.1 Å². The van der Waals surface area contributed by atoms with E-state index < -0.39 is 24.4 Å². The first-order valence-electron chi connectivity index (χ1n) is 8.13. The van der Waals surface area contributed by atoms with Crippen LogP contribution in [0.3, 0.4) is 0 Å². The van der Waals surface area contributed by atoms with E-state index in [1.165, 1.54) is 4.90 Å². The lowest BCUT2D eigenvalue weighted by Crippen LogP contribution is -2.40. The number of nitrogens with zero attached hydrogens (tertiary/aromatic N) is 1. The normalized spacial score (nSPS) is 25.4. The molecule has 7 nitrogen and oxygen atoms in total. The Morgan fingerprint density at radius 1 is 1.24 bits per heavy atom. The fourth-order valence-corrected chi connectivity index (χ4v) is 2.67. The number of hydrogen-bond acceptors (Lipinski definition) is 5. The Bertz CT molecular complexity index is 607. The largest absolute Gasteiger partial charge is 0.388 e. The standard InChI is InChI=1S/C18H24N2O5/c1-3-9-20(2)15(21)10-13-16(22)17(23)14(25-13)11-19-18(24)12-7-5-4-6-8-12/h3-8,13-14,16-17,22-23H,1,9-11H2,2H3,(H,19,24). The van der Waals surface area contributed by atoms with Crippen LogP contribution in [0.5, 0.6) is 0 Å². The molecule has 0 bridgehead atoms. The van der Waals surface area contributed by atoms with E-state index in [9.17, 15) is 19.8 Å². The second-order valence-electron chi connectivity index (χ2n) is 6.04. The number of nitrogens with one attached hydrogen (secondary N) is 1. The first kappa shape index (κ1) is 19.1. The molecule has 136 valence electrons. The number of aliphatic hydroxyl groups excluding tert-OH is 2. The summed E-state index contributed by atoms with van der Waals surface area (Å²) in [5.41, 5.74) is 0.494. The molecule has 1 aliphatic heterocycles. The van der Waals surface area contributed by atoms with Crippen molar-refractivity contribution >= 4 is 11.8 Å². The van der Waals surface area contributed by atoms with Crippen LogP contribution < -0.4 is 5.32 Å². The summed E-state index contributed by atoms with van der Waals surface area (Å²) in [6.45, 7) is 4.00. The van der Waals surface area contributed by atoms with Gasteiger partial charge in [-0.25, -0.2) is 0 Å². The highest BCUT2D eigenvalue weighted by atomic mass is 16.5. The second kappa shape index (κ2) is 8.75. The average molecular weight is 348 g/mol. The van der Waals surface area contributed by atoms with E-state index in [-0.39, 0.29) is 24.8 Å². The topological polar surface area (TPSA) is 99.1 Å². The van der Waals surface area contributed by atoms with E-state index >= 15 is 0 Å². The van der Waals surface area contributed by atoms with Gasteiger partial charge in [0, 0.05) is 25.7 Å². The number of rotatable bonds is 7. The minimum atomic E-state index is -1.18. The smallest absolute Gasteiger partial charge is 0.251 e. The van der Waals surface area contributed by atoms with Crippen LogP contribution in [0.1, 0.15) is 16.8 Å². The van der Waals surface area contributed by atoms with E-state index in [4.69, 9.17) is 4.74 Å². The predicted octanol–water partition coefficient (Wildman–Crippen LogP) is -0.0599. The molecule has 0 radical (unpaired) electrons. The van der Waals surface area contributed by atoms with Crippen LogP contribution in [0.25, 0.3) is 0 Å². The third-order valence-corrected chi connectivity index (χ3v) is 4.17. The van der Waals surface area contributed by atoms with Gasteiger partial charge in [-0.2, -0.15) is 0 Å². The maximum atomic E-state index is 12.0. The number of amides is 2. The molecule has 1 heterocycles. The van der Waals surface area contributed by atoms with Crippen molar-refractivity contribution in [1.82, 2.24) is 10.2 Å². The van der Waals surface area contributed by atoms with Gasteiger partial charge in [0.25, 0.3) is 5.91 Å². The van der Waals surface area contributed by atoms with Crippen molar-refractivity contribution in [3.05, 3.63) is 48.6 Å². The molecule has 2 rings (SSSR count). The Morgan fingerprint density at radius 3 is 2.52 bits per heavy atom. The van der Waals surface area contributed by atoms with Gasteiger partial charge in [-0.3, -0.25) is 9.59 Å². The van der Waals surface area contributed by atoms with E-state index in [1.54, 1.807) is 37.4 Å². The summed E-state index contributed by atoms with van der Waals surface area (Å²) < 4.78 is 5.58. The average Bonchev–Trinajstić information content (AvgIpc) is 2.88. The highest BCUT2D eigenvalue weighted by molar-refractivity contribution is 5.94. The molecule has 0 saturated carbocycles. The molecule has 4 unspecified atom stereocenters. The van der Waals surface area contributed by atoms with Crippen molar-refractivity contribution in [1.29, 1.82) is 0 Å². The summed E-state index contributed by atoms with van der Waals surface area (Å²) in [5, 5.41) is 22.9. The zero-order chi connectivity index (χ0) is 18.4. The van der Waals surface area contributed by atoms with E-state index in [2.05, 4.69) is 11.9 Å². The molecule has 0 aliphatic carbocycles. The molecule has 0 aromatic heterocycles. The zero-order valence-corrected chi connectivity index (χ0v) is 14.2. The number of ether oxygens (including phenoxy) is 1. The fourth-order valence-electron chi connectivity index (χ4n) is 2.67. The van der Waals surface area contributed by atoms with Gasteiger partial charge < -0.3 is 25.2 Å². The Morgan fingerprint density at radius 2 is 1.88 bits per heavy atom. The van der Waals surface area contributed by atoms with Gasteiger partial charge in [-0.05, 0) is 12.1 Å². The highest BCUT2D eigenvalue weighted by Gasteiger charge is 2.43. The van der Waals surface area contributed by atoms with E-state index in [1.807, 2.05) is 6.07 Å².